The van der Waals surface area contributed by atoms with E-state index in [1.54, 1.807) is 11.3 Å². The third kappa shape index (κ3) is 3.72. The summed E-state index contributed by atoms with van der Waals surface area (Å²) in [6, 6.07) is 18.5. The number of hydrogen-bond donors (Lipinski definition) is 1. The molecule has 1 saturated heterocycles. The van der Waals surface area contributed by atoms with Crippen LogP contribution in [0.15, 0.2) is 54.6 Å². The van der Waals surface area contributed by atoms with E-state index in [1.165, 1.54) is 12.0 Å². The summed E-state index contributed by atoms with van der Waals surface area (Å²) in [5.74, 6) is 0.623. The topological polar surface area (TPSA) is 49.2 Å². The Morgan fingerprint density at radius 1 is 1.04 bits per heavy atom. The number of aliphatic hydroxyl groups excluding tert-OH is 1. The van der Waals surface area contributed by atoms with Gasteiger partial charge in [0, 0.05) is 18.7 Å². The first-order valence-electron chi connectivity index (χ1n) is 8.64. The molecule has 2 aromatic carbocycles. The fourth-order valence-corrected chi connectivity index (χ4v) is 4.29. The van der Waals surface area contributed by atoms with Gasteiger partial charge < -0.3 is 10.0 Å². The quantitative estimate of drug-likeness (QED) is 0.760. The van der Waals surface area contributed by atoms with Crippen LogP contribution in [0.25, 0.3) is 10.6 Å². The first-order valence-corrected chi connectivity index (χ1v) is 9.46. The zero-order valence-electron chi connectivity index (χ0n) is 14.0. The number of hydrogen-bond acceptors (Lipinski definition) is 5. The lowest BCUT2D eigenvalue weighted by Gasteiger charge is -2.14. The highest BCUT2D eigenvalue weighted by molar-refractivity contribution is 7.18. The normalized spacial score (nSPS) is 17.2. The fourth-order valence-electron chi connectivity index (χ4n) is 3.40. The Kier molecular flexibility index (Phi) is 4.76. The highest BCUT2D eigenvalue weighted by atomic mass is 32.1. The van der Waals surface area contributed by atoms with Crippen molar-refractivity contribution < 1.29 is 5.11 Å². The van der Waals surface area contributed by atoms with Gasteiger partial charge in [0.15, 0.2) is 0 Å². The number of benzene rings is 2. The van der Waals surface area contributed by atoms with Crippen LogP contribution in [0.2, 0.25) is 0 Å². The molecule has 25 heavy (non-hydrogen) atoms. The first-order chi connectivity index (χ1) is 12.3. The molecule has 2 heterocycles. The number of rotatable bonds is 5. The van der Waals surface area contributed by atoms with Gasteiger partial charge in [-0.2, -0.15) is 0 Å². The minimum absolute atomic E-state index is 0.109. The zero-order valence-corrected chi connectivity index (χ0v) is 14.8. The van der Waals surface area contributed by atoms with Crippen LogP contribution in [0.4, 0.5) is 5.13 Å². The van der Waals surface area contributed by atoms with Crippen LogP contribution in [0.5, 0.6) is 0 Å². The largest absolute Gasteiger partial charge is 0.392 e. The van der Waals surface area contributed by atoms with Gasteiger partial charge in [0.2, 0.25) is 5.13 Å². The molecule has 0 bridgehead atoms. The molecule has 0 spiro atoms. The lowest BCUT2D eigenvalue weighted by Crippen LogP contribution is -2.20. The van der Waals surface area contributed by atoms with Crippen LogP contribution in [-0.2, 0) is 13.0 Å². The molecule has 1 aliphatic heterocycles. The molecule has 1 aromatic heterocycles. The van der Waals surface area contributed by atoms with Gasteiger partial charge in [-0.25, -0.2) is 0 Å². The molecule has 0 aliphatic carbocycles. The number of aliphatic hydroxyl groups is 1. The van der Waals surface area contributed by atoms with E-state index in [-0.39, 0.29) is 6.61 Å². The van der Waals surface area contributed by atoms with Crippen molar-refractivity contribution in [3.63, 3.8) is 0 Å². The van der Waals surface area contributed by atoms with E-state index in [0.717, 1.165) is 40.8 Å². The summed E-state index contributed by atoms with van der Waals surface area (Å²) in [6.45, 7) is 2.16. The molecule has 3 aromatic rings. The Balaban J connectivity index is 1.41. The van der Waals surface area contributed by atoms with Crippen LogP contribution in [0.3, 0.4) is 0 Å². The Bertz CT molecular complexity index is 834. The van der Waals surface area contributed by atoms with Crippen molar-refractivity contribution >= 4 is 16.5 Å². The first kappa shape index (κ1) is 16.2. The highest BCUT2D eigenvalue weighted by Gasteiger charge is 2.25. The second-order valence-corrected chi connectivity index (χ2v) is 7.49. The molecule has 1 fully saturated rings. The molecule has 0 saturated carbocycles. The van der Waals surface area contributed by atoms with Crippen LogP contribution in [0.1, 0.15) is 17.5 Å². The van der Waals surface area contributed by atoms with Crippen molar-refractivity contribution in [1.82, 2.24) is 10.2 Å². The third-order valence-corrected chi connectivity index (χ3v) is 5.72. The Morgan fingerprint density at radius 2 is 1.88 bits per heavy atom. The van der Waals surface area contributed by atoms with E-state index in [9.17, 15) is 5.11 Å². The summed E-state index contributed by atoms with van der Waals surface area (Å²) in [4.78, 5) is 2.35. The average Bonchev–Trinajstić information content (AvgIpc) is 3.32. The third-order valence-electron chi connectivity index (χ3n) is 4.69. The predicted molar refractivity (Wildman–Crippen MR) is 102 cm³/mol. The Morgan fingerprint density at radius 3 is 2.72 bits per heavy atom. The van der Waals surface area contributed by atoms with Crippen LogP contribution in [-0.4, -0.2) is 28.4 Å². The van der Waals surface area contributed by atoms with Crippen molar-refractivity contribution in [2.75, 3.05) is 18.0 Å². The minimum atomic E-state index is 0.109. The van der Waals surface area contributed by atoms with Gasteiger partial charge in [0.1, 0.15) is 5.01 Å². The maximum atomic E-state index is 9.29. The number of aromatic nitrogens is 2. The number of nitrogens with zero attached hydrogens (tertiary/aromatic N) is 3. The summed E-state index contributed by atoms with van der Waals surface area (Å²) >= 11 is 1.67. The van der Waals surface area contributed by atoms with Gasteiger partial charge in [0.25, 0.3) is 0 Å². The molecule has 4 rings (SSSR count). The molecule has 1 N–H and O–H groups in total. The van der Waals surface area contributed by atoms with Crippen molar-refractivity contribution in [2.45, 2.75) is 19.4 Å². The molecular weight excluding hydrogens is 330 g/mol. The molecule has 1 aliphatic rings. The van der Waals surface area contributed by atoms with Gasteiger partial charge in [-0.3, -0.25) is 0 Å². The SMILES string of the molecule is OCc1cccc(C[C@@H]2CCN(c3nnc(-c4ccccc4)s3)C2)c1. The number of anilines is 1. The molecule has 5 heteroatoms. The van der Waals surface area contributed by atoms with Crippen LogP contribution in [0, 0.1) is 5.92 Å². The molecule has 1 atom stereocenters. The van der Waals surface area contributed by atoms with E-state index >= 15 is 0 Å². The summed E-state index contributed by atoms with van der Waals surface area (Å²) < 4.78 is 0. The van der Waals surface area contributed by atoms with E-state index in [0.29, 0.717) is 5.92 Å². The maximum absolute atomic E-state index is 9.29. The van der Waals surface area contributed by atoms with E-state index in [1.807, 2.05) is 30.3 Å². The monoisotopic (exact) mass is 351 g/mol. The molecule has 0 radical (unpaired) electrons. The van der Waals surface area contributed by atoms with Crippen molar-refractivity contribution in [3.05, 3.63) is 65.7 Å². The lowest BCUT2D eigenvalue weighted by atomic mass is 9.97. The van der Waals surface area contributed by atoms with Gasteiger partial charge >= 0.3 is 0 Å². The summed E-state index contributed by atoms with van der Waals surface area (Å²) in [5.41, 5.74) is 3.42. The van der Waals surface area contributed by atoms with Crippen LogP contribution < -0.4 is 4.90 Å². The lowest BCUT2D eigenvalue weighted by molar-refractivity contribution is 0.281. The van der Waals surface area contributed by atoms with E-state index in [4.69, 9.17) is 0 Å². The zero-order chi connectivity index (χ0) is 17.1. The van der Waals surface area contributed by atoms with Gasteiger partial charge in [-0.1, -0.05) is 65.9 Å². The summed E-state index contributed by atoms with van der Waals surface area (Å²) in [6.07, 6.45) is 2.22. The Hall–Kier alpha value is -2.24. The van der Waals surface area contributed by atoms with Crippen molar-refractivity contribution in [2.24, 2.45) is 5.92 Å². The molecule has 0 amide bonds. The van der Waals surface area contributed by atoms with Crippen molar-refractivity contribution in [3.8, 4) is 10.6 Å². The fraction of sp³-hybridized carbons (Fsp3) is 0.300. The highest BCUT2D eigenvalue weighted by Crippen LogP contribution is 2.32. The van der Waals surface area contributed by atoms with Gasteiger partial charge in [0.05, 0.1) is 6.61 Å². The standard InChI is InChI=1S/C20H21N3OS/c24-14-17-6-4-5-15(12-17)11-16-9-10-23(13-16)20-22-21-19(25-20)18-7-2-1-3-8-18/h1-8,12,16,24H,9-11,13-14H2/t16-/m0/s1. The van der Waals surface area contributed by atoms with Crippen LogP contribution >= 0.6 is 11.3 Å². The van der Waals surface area contributed by atoms with Crippen molar-refractivity contribution in [1.29, 1.82) is 0 Å². The minimum Gasteiger partial charge on any atom is -0.392 e. The second kappa shape index (κ2) is 7.33. The average molecular weight is 351 g/mol. The smallest absolute Gasteiger partial charge is 0.208 e. The maximum Gasteiger partial charge on any atom is 0.208 e. The molecule has 4 nitrogen and oxygen atoms in total. The summed E-state index contributed by atoms with van der Waals surface area (Å²) in [5, 5.41) is 20.1. The second-order valence-electron chi connectivity index (χ2n) is 6.54. The van der Waals surface area contributed by atoms with Gasteiger partial charge in [-0.05, 0) is 29.9 Å². The summed E-state index contributed by atoms with van der Waals surface area (Å²) in [7, 11) is 0. The Labute approximate surface area is 151 Å². The van der Waals surface area contributed by atoms with Gasteiger partial charge in [-0.15, -0.1) is 10.2 Å². The molecule has 128 valence electrons. The predicted octanol–water partition coefficient (Wildman–Crippen LogP) is 3.77. The van der Waals surface area contributed by atoms with E-state index in [2.05, 4.69) is 39.4 Å². The molecular formula is C20H21N3OS. The van der Waals surface area contributed by atoms with E-state index < -0.39 is 0 Å². The molecule has 0 unspecified atom stereocenters.